The first kappa shape index (κ1) is 13.3. The molecule has 0 amide bonds. The van der Waals surface area contributed by atoms with Gasteiger partial charge in [-0.3, -0.25) is 9.97 Å². The number of hydrogen-bond donors (Lipinski definition) is 0. The summed E-state index contributed by atoms with van der Waals surface area (Å²) in [5.74, 6) is 0. The van der Waals surface area contributed by atoms with E-state index in [9.17, 15) is 0 Å². The molecule has 77 valence electrons. The van der Waals surface area contributed by atoms with E-state index in [1.165, 1.54) is 0 Å². The van der Waals surface area contributed by atoms with Crippen molar-refractivity contribution in [3.63, 3.8) is 0 Å². The lowest BCUT2D eigenvalue weighted by atomic mass is 9.67. The summed E-state index contributed by atoms with van der Waals surface area (Å²) in [6.45, 7) is 0. The van der Waals surface area contributed by atoms with Crippen molar-refractivity contribution < 1.29 is 11.0 Å². The van der Waals surface area contributed by atoms with Crippen molar-refractivity contribution in [2.24, 2.45) is 0 Å². The summed E-state index contributed by atoms with van der Waals surface area (Å²) in [5, 5.41) is 0. The fourth-order valence-electron chi connectivity index (χ4n) is 1.11. The van der Waals surface area contributed by atoms with Gasteiger partial charge in [0.25, 0.3) is 0 Å². The number of hydrogen-bond acceptors (Lipinski definition) is 2. The molecule has 0 bridgehead atoms. The van der Waals surface area contributed by atoms with Gasteiger partial charge in [0.15, 0.2) is 0 Å². The smallest absolute Gasteiger partial charge is 0.219 e. The molecule has 0 fully saturated rings. The molecule has 0 spiro atoms. The van der Waals surface area contributed by atoms with E-state index in [-0.39, 0.29) is 11.0 Å². The molecule has 1 aromatic carbocycles. The van der Waals surface area contributed by atoms with E-state index in [4.69, 9.17) is 0 Å². The van der Waals surface area contributed by atoms with Crippen LogP contribution in [0.3, 0.4) is 0 Å². The third kappa shape index (κ3) is 3.89. The molecule has 1 aromatic heterocycles. The van der Waals surface area contributed by atoms with Crippen molar-refractivity contribution in [3.05, 3.63) is 48.9 Å². The number of benzene rings is 1. The van der Waals surface area contributed by atoms with Crippen LogP contribution in [-0.4, -0.2) is 28.2 Å². The van der Waals surface area contributed by atoms with E-state index in [0.717, 1.165) is 11.1 Å². The van der Waals surface area contributed by atoms with Gasteiger partial charge in [-0.2, -0.15) is 0 Å². The molecule has 15 heavy (non-hydrogen) atoms. The first-order chi connectivity index (χ1) is 6.45. The highest BCUT2D eigenvalue weighted by Crippen LogP contribution is 1.80. The summed E-state index contributed by atoms with van der Waals surface area (Å²) in [7, 11) is 1.99. The molecule has 2 rings (SSSR count). The lowest BCUT2D eigenvalue weighted by molar-refractivity contribution is 0.823. The quantitative estimate of drug-likeness (QED) is 0.555. The molecule has 1 heterocycles. The Bertz CT molecular complexity index is 332. The second kappa shape index (κ2) is 6.70. The Morgan fingerprint density at radius 1 is 0.933 bits per heavy atom. The Morgan fingerprint density at radius 3 is 2.27 bits per heavy atom. The van der Waals surface area contributed by atoms with Gasteiger partial charge in [0.1, 0.15) is 0 Å². The lowest BCUT2D eigenvalue weighted by Gasteiger charge is -1.96. The van der Waals surface area contributed by atoms with Crippen molar-refractivity contribution in [2.75, 3.05) is 0 Å². The van der Waals surface area contributed by atoms with Crippen LogP contribution in [0.4, 0.5) is 0 Å². The molecule has 4 N–H and O–H groups in total. The van der Waals surface area contributed by atoms with Gasteiger partial charge in [0.05, 0.1) is 0 Å². The van der Waals surface area contributed by atoms with Gasteiger partial charge < -0.3 is 11.0 Å². The Balaban J connectivity index is 0.000000980. The molecule has 1 radical (unpaired) electrons. The van der Waals surface area contributed by atoms with E-state index in [0.29, 0.717) is 0 Å². The molecular formula is C10H12BN2O2. The molecule has 0 aliphatic carbocycles. The zero-order valence-electron chi connectivity index (χ0n) is 8.09. The van der Waals surface area contributed by atoms with Gasteiger partial charge in [-0.25, -0.2) is 0 Å². The Morgan fingerprint density at radius 2 is 1.67 bits per heavy atom. The minimum Gasteiger partial charge on any atom is -0.412 e. The van der Waals surface area contributed by atoms with Crippen molar-refractivity contribution in [1.29, 1.82) is 0 Å². The molecule has 2 aromatic rings. The maximum atomic E-state index is 4.16. The zero-order valence-corrected chi connectivity index (χ0v) is 8.09. The monoisotopic (exact) mass is 203 g/mol. The van der Waals surface area contributed by atoms with Crippen molar-refractivity contribution in [2.45, 2.75) is 0 Å². The van der Waals surface area contributed by atoms with E-state index in [2.05, 4.69) is 9.97 Å². The highest BCUT2D eigenvalue weighted by atomic mass is 16.0. The zero-order chi connectivity index (χ0) is 8.93. The SMILES string of the molecule is O.O.[B](c1ccccc1)c1cnccn1. The Hall–Kier alpha value is -1.72. The lowest BCUT2D eigenvalue weighted by Crippen LogP contribution is -2.29. The Labute approximate surface area is 88.9 Å². The highest BCUT2D eigenvalue weighted by Gasteiger charge is 1.97. The third-order valence-electron chi connectivity index (χ3n) is 1.70. The number of rotatable bonds is 2. The summed E-state index contributed by atoms with van der Waals surface area (Å²) in [4.78, 5) is 8.14. The van der Waals surface area contributed by atoms with Gasteiger partial charge in [0.2, 0.25) is 7.28 Å². The van der Waals surface area contributed by atoms with Crippen molar-refractivity contribution in [1.82, 2.24) is 9.97 Å². The van der Waals surface area contributed by atoms with E-state index < -0.39 is 0 Å². The summed E-state index contributed by atoms with van der Waals surface area (Å²) < 4.78 is 0. The molecule has 0 aliphatic rings. The molecule has 0 saturated carbocycles. The largest absolute Gasteiger partial charge is 0.412 e. The van der Waals surface area contributed by atoms with E-state index in [1.807, 2.05) is 37.6 Å². The second-order valence-electron chi connectivity index (χ2n) is 2.69. The van der Waals surface area contributed by atoms with Crippen LogP contribution in [0.5, 0.6) is 0 Å². The number of nitrogens with zero attached hydrogens (tertiary/aromatic N) is 2. The fraction of sp³-hybridized carbons (Fsp3) is 0. The molecular weight excluding hydrogens is 191 g/mol. The van der Waals surface area contributed by atoms with Crippen LogP contribution in [-0.2, 0) is 0 Å². The van der Waals surface area contributed by atoms with Crippen LogP contribution in [0.15, 0.2) is 48.9 Å². The summed E-state index contributed by atoms with van der Waals surface area (Å²) in [6, 6.07) is 10.1. The van der Waals surface area contributed by atoms with E-state index >= 15 is 0 Å². The van der Waals surface area contributed by atoms with Crippen LogP contribution >= 0.6 is 0 Å². The first-order valence-electron chi connectivity index (χ1n) is 4.11. The molecule has 0 aliphatic heterocycles. The maximum Gasteiger partial charge on any atom is 0.219 e. The maximum absolute atomic E-state index is 4.16. The average Bonchev–Trinajstić information content (AvgIpc) is 2.21. The van der Waals surface area contributed by atoms with Gasteiger partial charge in [-0.15, -0.1) is 0 Å². The molecule has 0 unspecified atom stereocenters. The van der Waals surface area contributed by atoms with Crippen molar-refractivity contribution >= 4 is 18.3 Å². The van der Waals surface area contributed by atoms with Crippen LogP contribution < -0.4 is 11.1 Å². The first-order valence-corrected chi connectivity index (χ1v) is 4.11. The minimum atomic E-state index is 0. The van der Waals surface area contributed by atoms with Crippen LogP contribution in [0.25, 0.3) is 0 Å². The van der Waals surface area contributed by atoms with Gasteiger partial charge >= 0.3 is 0 Å². The normalized spacial score (nSPS) is 8.27. The molecule has 5 heteroatoms. The Kier molecular flexibility index (Phi) is 5.93. The standard InChI is InChI=1S/C10H8BN2.2H2O/c1-2-4-9(5-3-1)11-10-8-12-6-7-13-10;;/h1-8H;2*1H2. The summed E-state index contributed by atoms with van der Waals surface area (Å²) in [5.41, 5.74) is 2.02. The van der Waals surface area contributed by atoms with Crippen molar-refractivity contribution in [3.8, 4) is 0 Å². The van der Waals surface area contributed by atoms with Crippen LogP contribution in [0.1, 0.15) is 0 Å². The highest BCUT2D eigenvalue weighted by molar-refractivity contribution is 6.66. The minimum absolute atomic E-state index is 0. The molecule has 0 saturated heterocycles. The average molecular weight is 203 g/mol. The number of aromatic nitrogens is 2. The third-order valence-corrected chi connectivity index (χ3v) is 1.70. The van der Waals surface area contributed by atoms with Gasteiger partial charge in [-0.1, -0.05) is 35.8 Å². The van der Waals surface area contributed by atoms with Crippen LogP contribution in [0, 0.1) is 0 Å². The summed E-state index contributed by atoms with van der Waals surface area (Å²) >= 11 is 0. The van der Waals surface area contributed by atoms with Crippen LogP contribution in [0.2, 0.25) is 0 Å². The predicted molar refractivity (Wildman–Crippen MR) is 60.7 cm³/mol. The van der Waals surface area contributed by atoms with Gasteiger partial charge in [0, 0.05) is 24.2 Å². The van der Waals surface area contributed by atoms with Gasteiger partial charge in [-0.05, 0) is 0 Å². The fourth-order valence-corrected chi connectivity index (χ4v) is 1.11. The summed E-state index contributed by atoms with van der Waals surface area (Å²) in [6.07, 6.45) is 5.10. The molecule has 0 atom stereocenters. The predicted octanol–water partition coefficient (Wildman–Crippen LogP) is -1.52. The van der Waals surface area contributed by atoms with E-state index in [1.54, 1.807) is 18.6 Å². The topological polar surface area (TPSA) is 88.8 Å². The second-order valence-corrected chi connectivity index (χ2v) is 2.69. The molecule has 4 nitrogen and oxygen atoms in total.